The van der Waals surface area contributed by atoms with Gasteiger partial charge >= 0.3 is 5.97 Å². The number of rotatable bonds is 5. The second kappa shape index (κ2) is 7.09. The molecule has 9 heteroatoms. The minimum Gasteiger partial charge on any atom is -0.478 e. The molecule has 0 aliphatic carbocycles. The Morgan fingerprint density at radius 1 is 1.26 bits per heavy atom. The number of aromatic nitrogens is 1. The van der Waals surface area contributed by atoms with E-state index in [9.17, 15) is 18.0 Å². The maximum atomic E-state index is 12.9. The van der Waals surface area contributed by atoms with Crippen LogP contribution >= 0.6 is 0 Å². The van der Waals surface area contributed by atoms with Gasteiger partial charge in [0.1, 0.15) is 5.69 Å². The molecule has 2 aromatic rings. The number of carboxylic acid groups (broad SMARTS) is 1. The van der Waals surface area contributed by atoms with Gasteiger partial charge in [-0.15, -0.1) is 0 Å². The van der Waals surface area contributed by atoms with Crippen LogP contribution in [0, 0.1) is 6.92 Å². The van der Waals surface area contributed by atoms with Crippen molar-refractivity contribution < 1.29 is 23.1 Å². The predicted molar refractivity (Wildman–Crippen MR) is 98.6 cm³/mol. The van der Waals surface area contributed by atoms with Gasteiger partial charge in [-0.2, -0.15) is 0 Å². The van der Waals surface area contributed by atoms with Crippen LogP contribution in [0.25, 0.3) is 0 Å². The molecule has 1 aliphatic rings. The first kappa shape index (κ1) is 19.0. The molecule has 0 spiro atoms. The van der Waals surface area contributed by atoms with Crippen molar-refractivity contribution in [3.8, 4) is 0 Å². The topological polar surface area (TPSA) is 117 Å². The third kappa shape index (κ3) is 3.56. The van der Waals surface area contributed by atoms with Crippen LogP contribution in [0.15, 0.2) is 35.2 Å². The normalized spacial score (nSPS) is 13.5. The van der Waals surface area contributed by atoms with Crippen LogP contribution in [0.5, 0.6) is 0 Å². The van der Waals surface area contributed by atoms with E-state index >= 15 is 0 Å². The lowest BCUT2D eigenvalue weighted by molar-refractivity contribution is 0.0694. The SMILES string of the molecule is CCNS(=O)(=O)c1ccc2c(c1)N(C(=O)c1ccc(C(=O)O)c(C)n1)CC2. The minimum absolute atomic E-state index is 0.0346. The van der Waals surface area contributed by atoms with Crippen LogP contribution in [-0.4, -0.2) is 43.5 Å². The summed E-state index contributed by atoms with van der Waals surface area (Å²) in [5.74, 6) is -1.50. The van der Waals surface area contributed by atoms with Crippen molar-refractivity contribution in [1.82, 2.24) is 9.71 Å². The molecule has 2 heterocycles. The number of carboxylic acids is 1. The number of anilines is 1. The summed E-state index contributed by atoms with van der Waals surface area (Å²) in [6, 6.07) is 7.43. The van der Waals surface area contributed by atoms with Gasteiger partial charge in [0.15, 0.2) is 0 Å². The largest absolute Gasteiger partial charge is 0.478 e. The van der Waals surface area contributed by atoms with Gasteiger partial charge in [-0.1, -0.05) is 13.0 Å². The van der Waals surface area contributed by atoms with E-state index in [0.29, 0.717) is 18.7 Å². The summed E-state index contributed by atoms with van der Waals surface area (Å²) in [6.45, 7) is 3.89. The van der Waals surface area contributed by atoms with Gasteiger partial charge in [-0.3, -0.25) is 4.79 Å². The first-order valence-electron chi connectivity index (χ1n) is 8.40. The molecule has 0 bridgehead atoms. The maximum absolute atomic E-state index is 12.9. The summed E-state index contributed by atoms with van der Waals surface area (Å²) >= 11 is 0. The Morgan fingerprint density at radius 2 is 2.00 bits per heavy atom. The molecule has 3 rings (SSSR count). The quantitative estimate of drug-likeness (QED) is 0.802. The lowest BCUT2D eigenvalue weighted by Gasteiger charge is -2.18. The number of carbonyl (C=O) groups excluding carboxylic acids is 1. The summed E-state index contributed by atoms with van der Waals surface area (Å²) < 4.78 is 26.9. The Morgan fingerprint density at radius 3 is 2.63 bits per heavy atom. The number of nitrogens with zero attached hydrogens (tertiary/aromatic N) is 2. The zero-order valence-corrected chi connectivity index (χ0v) is 15.7. The van der Waals surface area contributed by atoms with Crippen molar-refractivity contribution >= 4 is 27.6 Å². The third-order valence-electron chi connectivity index (χ3n) is 4.38. The Kier molecular flexibility index (Phi) is 4.99. The number of pyridine rings is 1. The van der Waals surface area contributed by atoms with Crippen LogP contribution in [0.3, 0.4) is 0 Å². The number of amides is 1. The average Bonchev–Trinajstić information content (AvgIpc) is 3.03. The standard InChI is InChI=1S/C18H19N3O5S/c1-3-19-27(25,26)13-5-4-12-8-9-21(16(12)10-13)17(22)15-7-6-14(18(23)24)11(2)20-15/h4-7,10,19H,3,8-9H2,1-2H3,(H,23,24). The summed E-state index contributed by atoms with van der Waals surface area (Å²) in [5.41, 5.74) is 1.80. The molecule has 1 aromatic heterocycles. The highest BCUT2D eigenvalue weighted by molar-refractivity contribution is 7.89. The van der Waals surface area contributed by atoms with Crippen molar-refractivity contribution in [3.05, 3.63) is 52.8 Å². The van der Waals surface area contributed by atoms with Gasteiger partial charge < -0.3 is 10.0 Å². The van der Waals surface area contributed by atoms with Crippen molar-refractivity contribution in [2.75, 3.05) is 18.0 Å². The number of aromatic carboxylic acids is 1. The van der Waals surface area contributed by atoms with Crippen LogP contribution < -0.4 is 9.62 Å². The predicted octanol–water partition coefficient (Wildman–Crippen LogP) is 1.59. The Hall–Kier alpha value is -2.78. The van der Waals surface area contributed by atoms with Gasteiger partial charge in [0.25, 0.3) is 5.91 Å². The van der Waals surface area contributed by atoms with E-state index in [4.69, 9.17) is 5.11 Å². The first-order chi connectivity index (χ1) is 12.7. The number of fused-ring (bicyclic) bond motifs is 1. The zero-order chi connectivity index (χ0) is 19.8. The highest BCUT2D eigenvalue weighted by atomic mass is 32.2. The first-order valence-corrected chi connectivity index (χ1v) is 9.88. The smallest absolute Gasteiger partial charge is 0.337 e. The molecular formula is C18H19N3O5S. The molecule has 142 valence electrons. The van der Waals surface area contributed by atoms with Gasteiger partial charge in [-0.05, 0) is 43.2 Å². The third-order valence-corrected chi connectivity index (χ3v) is 5.92. The number of aryl methyl sites for hydroxylation is 1. The van der Waals surface area contributed by atoms with Crippen LogP contribution in [0.4, 0.5) is 5.69 Å². The van der Waals surface area contributed by atoms with E-state index in [1.807, 2.05) is 0 Å². The number of sulfonamides is 1. The molecule has 0 saturated heterocycles. The average molecular weight is 389 g/mol. The Labute approximate surface area is 156 Å². The lowest BCUT2D eigenvalue weighted by atomic mass is 10.1. The summed E-state index contributed by atoms with van der Waals surface area (Å²) in [5, 5.41) is 9.09. The molecule has 8 nitrogen and oxygen atoms in total. The molecular weight excluding hydrogens is 370 g/mol. The van der Waals surface area contributed by atoms with Gasteiger partial charge in [0, 0.05) is 18.8 Å². The summed E-state index contributed by atoms with van der Waals surface area (Å²) in [4.78, 5) is 29.7. The highest BCUT2D eigenvalue weighted by Gasteiger charge is 2.28. The number of carbonyl (C=O) groups is 2. The fourth-order valence-corrected chi connectivity index (χ4v) is 4.12. The van der Waals surface area contributed by atoms with Gasteiger partial charge in [-0.25, -0.2) is 22.9 Å². The molecule has 0 fully saturated rings. The van der Waals surface area contributed by atoms with E-state index in [1.165, 1.54) is 36.1 Å². The highest BCUT2D eigenvalue weighted by Crippen LogP contribution is 2.31. The van der Waals surface area contributed by atoms with E-state index < -0.39 is 21.9 Å². The van der Waals surface area contributed by atoms with Crippen molar-refractivity contribution in [3.63, 3.8) is 0 Å². The van der Waals surface area contributed by atoms with Crippen molar-refractivity contribution in [2.45, 2.75) is 25.2 Å². The summed E-state index contributed by atoms with van der Waals surface area (Å²) in [6.07, 6.45) is 0.606. The second-order valence-corrected chi connectivity index (χ2v) is 7.90. The molecule has 0 unspecified atom stereocenters. The zero-order valence-electron chi connectivity index (χ0n) is 14.9. The maximum Gasteiger partial charge on any atom is 0.337 e. The number of hydrogen-bond acceptors (Lipinski definition) is 5. The van der Waals surface area contributed by atoms with Crippen LogP contribution in [0.1, 0.15) is 39.0 Å². The Balaban J connectivity index is 1.96. The fourth-order valence-electron chi connectivity index (χ4n) is 3.05. The van der Waals surface area contributed by atoms with E-state index in [0.717, 1.165) is 5.56 Å². The molecule has 0 saturated carbocycles. The molecule has 1 aliphatic heterocycles. The van der Waals surface area contributed by atoms with E-state index in [2.05, 4.69) is 9.71 Å². The van der Waals surface area contributed by atoms with Crippen molar-refractivity contribution in [1.29, 1.82) is 0 Å². The van der Waals surface area contributed by atoms with Gasteiger partial charge in [0.05, 0.1) is 16.2 Å². The summed E-state index contributed by atoms with van der Waals surface area (Å²) in [7, 11) is -3.64. The number of hydrogen-bond donors (Lipinski definition) is 2. The minimum atomic E-state index is -3.64. The number of benzene rings is 1. The molecule has 0 radical (unpaired) electrons. The monoisotopic (exact) mass is 389 g/mol. The van der Waals surface area contributed by atoms with Crippen LogP contribution in [-0.2, 0) is 16.4 Å². The molecule has 2 N–H and O–H groups in total. The fraction of sp³-hybridized carbons (Fsp3) is 0.278. The lowest BCUT2D eigenvalue weighted by Crippen LogP contribution is -2.30. The number of nitrogens with one attached hydrogen (secondary N) is 1. The second-order valence-electron chi connectivity index (χ2n) is 6.13. The van der Waals surface area contributed by atoms with Crippen molar-refractivity contribution in [2.24, 2.45) is 0 Å². The van der Waals surface area contributed by atoms with Gasteiger partial charge in [0.2, 0.25) is 10.0 Å². The molecule has 0 atom stereocenters. The molecule has 27 heavy (non-hydrogen) atoms. The van der Waals surface area contributed by atoms with E-state index in [-0.39, 0.29) is 28.4 Å². The van der Waals surface area contributed by atoms with Crippen LogP contribution in [0.2, 0.25) is 0 Å². The molecule has 1 amide bonds. The van der Waals surface area contributed by atoms with E-state index in [1.54, 1.807) is 13.0 Å². The molecule has 1 aromatic carbocycles. The Bertz CT molecular complexity index is 1030.